The molecule has 2 fully saturated rings. The van der Waals surface area contributed by atoms with Crippen molar-refractivity contribution in [3.05, 3.63) is 77.6 Å². The largest absolute Gasteiger partial charge is 0.432 e. The van der Waals surface area contributed by atoms with Gasteiger partial charge in [0.2, 0.25) is 0 Å². The summed E-state index contributed by atoms with van der Waals surface area (Å²) in [7, 11) is 0. The molecule has 0 aromatic heterocycles. The normalized spacial score (nSPS) is 25.3. The summed E-state index contributed by atoms with van der Waals surface area (Å²) < 4.78 is 42.4. The molecule has 0 heterocycles. The van der Waals surface area contributed by atoms with Crippen molar-refractivity contribution in [1.82, 2.24) is 0 Å². The molecule has 4 atom stereocenters. The van der Waals surface area contributed by atoms with E-state index in [2.05, 4.69) is 41.4 Å². The second kappa shape index (κ2) is 9.64. The van der Waals surface area contributed by atoms with Crippen LogP contribution < -0.4 is 4.74 Å². The molecule has 0 N–H and O–H groups in total. The van der Waals surface area contributed by atoms with Gasteiger partial charge in [-0.05, 0) is 98.1 Å². The molecule has 2 aliphatic rings. The van der Waals surface area contributed by atoms with Crippen LogP contribution in [-0.2, 0) is 0 Å². The van der Waals surface area contributed by atoms with Gasteiger partial charge in [0.25, 0.3) is 0 Å². The molecule has 2 aromatic carbocycles. The fourth-order valence-electron chi connectivity index (χ4n) is 5.20. The van der Waals surface area contributed by atoms with Gasteiger partial charge >= 0.3 is 6.61 Å². The van der Waals surface area contributed by atoms with Gasteiger partial charge in [-0.25, -0.2) is 4.39 Å². The number of ether oxygens (including phenoxy) is 1. The Kier molecular flexibility index (Phi) is 6.70. The third-order valence-corrected chi connectivity index (χ3v) is 6.87. The van der Waals surface area contributed by atoms with Gasteiger partial charge in [-0.2, -0.15) is 8.78 Å². The van der Waals surface area contributed by atoms with Crippen molar-refractivity contribution in [3.8, 4) is 17.6 Å². The molecule has 4 rings (SSSR count). The van der Waals surface area contributed by atoms with Crippen molar-refractivity contribution in [3.63, 3.8) is 0 Å². The molecule has 4 heteroatoms. The Bertz CT molecular complexity index is 970. The topological polar surface area (TPSA) is 9.23 Å². The van der Waals surface area contributed by atoms with Crippen LogP contribution in [0.2, 0.25) is 0 Å². The number of allylic oxidation sites excluding steroid dienone is 1. The quantitative estimate of drug-likeness (QED) is 0.369. The fourth-order valence-corrected chi connectivity index (χ4v) is 5.20. The Morgan fingerprint density at radius 1 is 0.903 bits per heavy atom. The van der Waals surface area contributed by atoms with Crippen molar-refractivity contribution in [2.75, 3.05) is 0 Å². The summed E-state index contributed by atoms with van der Waals surface area (Å²) in [5, 5.41) is 0. The first-order valence-corrected chi connectivity index (χ1v) is 11.0. The van der Waals surface area contributed by atoms with Gasteiger partial charge in [0.1, 0.15) is 0 Å². The van der Waals surface area contributed by atoms with Gasteiger partial charge in [0.15, 0.2) is 11.6 Å². The zero-order valence-electron chi connectivity index (χ0n) is 17.5. The molecule has 4 unspecified atom stereocenters. The Morgan fingerprint density at radius 3 is 2.29 bits per heavy atom. The van der Waals surface area contributed by atoms with Crippen LogP contribution in [0.5, 0.6) is 5.75 Å². The van der Waals surface area contributed by atoms with Crippen LogP contribution in [0.1, 0.15) is 61.1 Å². The Labute approximate surface area is 182 Å². The molecule has 162 valence electrons. The van der Waals surface area contributed by atoms with Crippen LogP contribution in [0.3, 0.4) is 0 Å². The van der Waals surface area contributed by atoms with Crippen molar-refractivity contribution in [1.29, 1.82) is 0 Å². The first-order chi connectivity index (χ1) is 15.0. The van der Waals surface area contributed by atoms with Crippen LogP contribution in [-0.4, -0.2) is 6.61 Å². The molecular weight excluding hydrogens is 397 g/mol. The van der Waals surface area contributed by atoms with E-state index in [9.17, 15) is 13.2 Å². The zero-order chi connectivity index (χ0) is 21.8. The fraction of sp³-hybridized carbons (Fsp3) is 0.407. The predicted molar refractivity (Wildman–Crippen MR) is 117 cm³/mol. The molecule has 0 bridgehead atoms. The molecule has 0 saturated heterocycles. The lowest BCUT2D eigenvalue weighted by Crippen LogP contribution is -2.29. The second-order valence-electron chi connectivity index (χ2n) is 8.73. The minimum atomic E-state index is -3.05. The summed E-state index contributed by atoms with van der Waals surface area (Å²) in [6, 6.07) is 12.1. The SMILES string of the molecule is C=CC1CCC2CC(c3ccc(C#Cc4ccc(OC(F)F)c(F)c4)cc3)CCC2C1. The highest BCUT2D eigenvalue weighted by molar-refractivity contribution is 5.45. The molecule has 0 spiro atoms. The first-order valence-electron chi connectivity index (χ1n) is 11.0. The lowest BCUT2D eigenvalue weighted by Gasteiger charge is -2.41. The molecule has 0 radical (unpaired) electrons. The van der Waals surface area contributed by atoms with E-state index in [1.54, 1.807) is 0 Å². The average molecular weight is 425 g/mol. The Hall–Kier alpha value is -2.67. The molecule has 31 heavy (non-hydrogen) atoms. The van der Waals surface area contributed by atoms with Gasteiger partial charge in [-0.15, -0.1) is 6.58 Å². The third-order valence-electron chi connectivity index (χ3n) is 6.87. The zero-order valence-corrected chi connectivity index (χ0v) is 17.5. The highest BCUT2D eigenvalue weighted by Crippen LogP contribution is 2.47. The average Bonchev–Trinajstić information content (AvgIpc) is 2.78. The van der Waals surface area contributed by atoms with Crippen molar-refractivity contribution in [2.24, 2.45) is 17.8 Å². The maximum atomic E-state index is 13.8. The number of benzene rings is 2. The summed E-state index contributed by atoms with van der Waals surface area (Å²) in [5.41, 5.74) is 2.63. The third kappa shape index (κ3) is 5.34. The number of rotatable bonds is 4. The standard InChI is InChI=1S/C27H27F3O/c1-2-18-5-11-24-17-23(13-12-22(24)15-18)21-9-6-19(7-10-21)3-4-20-8-14-26(25(28)16-20)31-27(29)30/h2,6-10,14,16,18,22-24,27H,1,5,11-13,15,17H2. The number of halogens is 3. The summed E-state index contributed by atoms with van der Waals surface area (Å²) in [6.45, 7) is 0.929. The van der Waals surface area contributed by atoms with Crippen LogP contribution in [0.4, 0.5) is 13.2 Å². The van der Waals surface area contributed by atoms with Gasteiger partial charge in [-0.3, -0.25) is 0 Å². The predicted octanol–water partition coefficient (Wildman–Crippen LogP) is 7.31. The van der Waals surface area contributed by atoms with E-state index < -0.39 is 18.2 Å². The maximum Gasteiger partial charge on any atom is 0.387 e. The Balaban J connectivity index is 1.38. The second-order valence-corrected chi connectivity index (χ2v) is 8.73. The van der Waals surface area contributed by atoms with E-state index in [-0.39, 0.29) is 0 Å². The molecular formula is C27H27F3O. The Morgan fingerprint density at radius 2 is 1.58 bits per heavy atom. The molecule has 0 aliphatic heterocycles. The highest BCUT2D eigenvalue weighted by atomic mass is 19.3. The summed E-state index contributed by atoms with van der Waals surface area (Å²) in [5.74, 6) is 7.59. The summed E-state index contributed by atoms with van der Waals surface area (Å²) >= 11 is 0. The van der Waals surface area contributed by atoms with Gasteiger partial charge < -0.3 is 4.74 Å². The minimum absolute atomic E-state index is 0.414. The number of fused-ring (bicyclic) bond motifs is 1. The summed E-state index contributed by atoms with van der Waals surface area (Å²) in [4.78, 5) is 0. The number of hydrogen-bond donors (Lipinski definition) is 0. The van der Waals surface area contributed by atoms with Gasteiger partial charge in [0, 0.05) is 11.1 Å². The van der Waals surface area contributed by atoms with E-state index in [0.29, 0.717) is 17.4 Å². The van der Waals surface area contributed by atoms with Crippen LogP contribution >= 0.6 is 0 Å². The van der Waals surface area contributed by atoms with E-state index >= 15 is 0 Å². The number of hydrogen-bond acceptors (Lipinski definition) is 1. The van der Waals surface area contributed by atoms with E-state index in [0.717, 1.165) is 23.5 Å². The van der Waals surface area contributed by atoms with E-state index in [1.807, 2.05) is 12.1 Å². The van der Waals surface area contributed by atoms with Crippen LogP contribution in [0, 0.1) is 35.4 Å². The number of alkyl halides is 2. The minimum Gasteiger partial charge on any atom is -0.432 e. The smallest absolute Gasteiger partial charge is 0.387 e. The van der Waals surface area contributed by atoms with Gasteiger partial charge in [-0.1, -0.05) is 30.0 Å². The molecule has 2 aliphatic carbocycles. The molecule has 2 aromatic rings. The lowest BCUT2D eigenvalue weighted by atomic mass is 9.64. The maximum absolute atomic E-state index is 13.8. The summed E-state index contributed by atoms with van der Waals surface area (Å²) in [6.07, 6.45) is 9.86. The van der Waals surface area contributed by atoms with E-state index in [1.165, 1.54) is 56.2 Å². The lowest BCUT2D eigenvalue weighted by molar-refractivity contribution is -0.0521. The molecule has 1 nitrogen and oxygen atoms in total. The monoisotopic (exact) mass is 424 g/mol. The van der Waals surface area contributed by atoms with Crippen molar-refractivity contribution < 1.29 is 17.9 Å². The highest BCUT2D eigenvalue weighted by Gasteiger charge is 2.35. The van der Waals surface area contributed by atoms with Crippen molar-refractivity contribution >= 4 is 0 Å². The van der Waals surface area contributed by atoms with Crippen molar-refractivity contribution in [2.45, 2.75) is 51.1 Å². The van der Waals surface area contributed by atoms with Crippen LogP contribution in [0.25, 0.3) is 0 Å². The molecule has 0 amide bonds. The van der Waals surface area contributed by atoms with Gasteiger partial charge in [0.05, 0.1) is 0 Å². The van der Waals surface area contributed by atoms with Crippen LogP contribution in [0.15, 0.2) is 55.1 Å². The van der Waals surface area contributed by atoms with E-state index in [4.69, 9.17) is 0 Å². The first kappa shape index (κ1) is 21.6. The molecule has 2 saturated carbocycles.